The van der Waals surface area contributed by atoms with Gasteiger partial charge in [0.15, 0.2) is 0 Å². The van der Waals surface area contributed by atoms with E-state index in [4.69, 9.17) is 30.9 Å². The van der Waals surface area contributed by atoms with Gasteiger partial charge in [-0.15, -0.1) is 0 Å². The number of carbonyl (C=O) groups is 1. The largest absolute Gasteiger partial charge is 0.497 e. The summed E-state index contributed by atoms with van der Waals surface area (Å²) in [5, 5.41) is 5.30. The SMILES string of the molecule is COc1cccc(C(=O)N(Cc2c(C)nn(-c3ccccc3)c2Oc2ccccc2Cl)C[C@@H]2CCCO2)c1. The van der Waals surface area contributed by atoms with Gasteiger partial charge in [0.1, 0.15) is 11.5 Å². The molecule has 8 heteroatoms. The molecule has 5 rings (SSSR count). The number of hydrogen-bond donors (Lipinski definition) is 0. The van der Waals surface area contributed by atoms with E-state index in [2.05, 4.69) is 0 Å². The lowest BCUT2D eigenvalue weighted by Gasteiger charge is -2.26. The van der Waals surface area contributed by atoms with Crippen molar-refractivity contribution in [2.24, 2.45) is 0 Å². The average Bonchev–Trinajstić information content (AvgIpc) is 3.57. The van der Waals surface area contributed by atoms with E-state index in [1.807, 2.05) is 72.5 Å². The fourth-order valence-corrected chi connectivity index (χ4v) is 4.76. The first-order valence-corrected chi connectivity index (χ1v) is 13.0. The summed E-state index contributed by atoms with van der Waals surface area (Å²) in [7, 11) is 1.59. The molecule has 1 atom stereocenters. The number of methoxy groups -OCH3 is 1. The van der Waals surface area contributed by atoms with Gasteiger partial charge in [-0.25, -0.2) is 4.68 Å². The van der Waals surface area contributed by atoms with E-state index in [1.54, 1.807) is 30.0 Å². The van der Waals surface area contributed by atoms with Gasteiger partial charge in [0.25, 0.3) is 5.91 Å². The van der Waals surface area contributed by atoms with Gasteiger partial charge in [-0.05, 0) is 62.2 Å². The molecule has 0 saturated carbocycles. The molecule has 0 radical (unpaired) electrons. The number of ether oxygens (including phenoxy) is 3. The van der Waals surface area contributed by atoms with Crippen molar-refractivity contribution in [3.05, 3.63) is 101 Å². The van der Waals surface area contributed by atoms with Crippen LogP contribution in [-0.4, -0.2) is 47.0 Å². The van der Waals surface area contributed by atoms with Crippen molar-refractivity contribution < 1.29 is 19.0 Å². The number of aromatic nitrogens is 2. The number of rotatable bonds is 9. The molecule has 1 aliphatic heterocycles. The predicted molar refractivity (Wildman–Crippen MR) is 147 cm³/mol. The van der Waals surface area contributed by atoms with E-state index in [1.165, 1.54) is 0 Å². The number of aryl methyl sites for hydroxylation is 1. The van der Waals surface area contributed by atoms with Crippen LogP contribution in [0.2, 0.25) is 5.02 Å². The molecular formula is C30H30ClN3O4. The molecule has 1 fully saturated rings. The lowest BCUT2D eigenvalue weighted by atomic mass is 10.1. The van der Waals surface area contributed by atoms with Crippen LogP contribution in [0.5, 0.6) is 17.4 Å². The highest BCUT2D eigenvalue weighted by molar-refractivity contribution is 6.32. The lowest BCUT2D eigenvalue weighted by Crippen LogP contribution is -2.37. The van der Waals surface area contributed by atoms with Gasteiger partial charge in [-0.3, -0.25) is 4.79 Å². The number of carbonyl (C=O) groups excluding carboxylic acids is 1. The third-order valence-electron chi connectivity index (χ3n) is 6.58. The summed E-state index contributed by atoms with van der Waals surface area (Å²) in [6.45, 7) is 3.37. The van der Waals surface area contributed by atoms with E-state index >= 15 is 0 Å². The molecule has 0 aliphatic carbocycles. The van der Waals surface area contributed by atoms with Crippen LogP contribution in [0.25, 0.3) is 5.69 Å². The molecule has 196 valence electrons. The van der Waals surface area contributed by atoms with Crippen molar-refractivity contribution in [3.63, 3.8) is 0 Å². The van der Waals surface area contributed by atoms with Crippen LogP contribution in [-0.2, 0) is 11.3 Å². The lowest BCUT2D eigenvalue weighted by molar-refractivity contribution is 0.0505. The van der Waals surface area contributed by atoms with E-state index < -0.39 is 0 Å². The second-order valence-corrected chi connectivity index (χ2v) is 9.61. The Morgan fingerprint density at radius 1 is 1.11 bits per heavy atom. The number of hydrogen-bond acceptors (Lipinski definition) is 5. The highest BCUT2D eigenvalue weighted by Gasteiger charge is 2.28. The summed E-state index contributed by atoms with van der Waals surface area (Å²) in [6, 6.07) is 24.3. The third kappa shape index (κ3) is 5.69. The van der Waals surface area contributed by atoms with Gasteiger partial charge < -0.3 is 19.1 Å². The first-order valence-electron chi connectivity index (χ1n) is 12.6. The molecule has 0 N–H and O–H groups in total. The smallest absolute Gasteiger partial charge is 0.254 e. The molecule has 0 bridgehead atoms. The average molecular weight is 532 g/mol. The second-order valence-electron chi connectivity index (χ2n) is 9.20. The molecule has 1 amide bonds. The monoisotopic (exact) mass is 531 g/mol. The number of benzene rings is 3. The van der Waals surface area contributed by atoms with E-state index in [9.17, 15) is 4.79 Å². The molecule has 2 heterocycles. The van der Waals surface area contributed by atoms with Crippen molar-refractivity contribution in [2.75, 3.05) is 20.3 Å². The van der Waals surface area contributed by atoms with Crippen LogP contribution in [0.1, 0.15) is 34.5 Å². The molecule has 1 saturated heterocycles. The standard InChI is InChI=1S/C30H30ClN3O4/c1-21-26(20-33(19-25-14-9-17-37-25)29(35)22-10-8-13-24(18-22)36-2)30(38-28-16-7-6-15-27(28)31)34(32-21)23-11-4-3-5-12-23/h3-8,10-13,15-16,18,25H,9,14,17,19-20H2,1-2H3/t25-/m0/s1. The van der Waals surface area contributed by atoms with Gasteiger partial charge in [0.05, 0.1) is 41.7 Å². The summed E-state index contributed by atoms with van der Waals surface area (Å²) < 4.78 is 19.5. The highest BCUT2D eigenvalue weighted by atomic mass is 35.5. The van der Waals surface area contributed by atoms with Crippen LogP contribution in [0.15, 0.2) is 78.9 Å². The van der Waals surface area contributed by atoms with Crippen molar-refractivity contribution >= 4 is 17.5 Å². The maximum Gasteiger partial charge on any atom is 0.254 e. The molecule has 1 aliphatic rings. The van der Waals surface area contributed by atoms with Crippen LogP contribution >= 0.6 is 11.6 Å². The molecular weight excluding hydrogens is 502 g/mol. The molecule has 3 aromatic carbocycles. The number of para-hydroxylation sites is 2. The number of nitrogens with zero attached hydrogens (tertiary/aromatic N) is 3. The molecule has 0 unspecified atom stereocenters. The van der Waals surface area contributed by atoms with E-state index in [0.717, 1.165) is 29.8 Å². The fourth-order valence-electron chi connectivity index (χ4n) is 4.58. The zero-order valence-corrected chi connectivity index (χ0v) is 22.2. The Morgan fingerprint density at radius 3 is 2.63 bits per heavy atom. The Balaban J connectivity index is 1.56. The molecule has 0 spiro atoms. The minimum Gasteiger partial charge on any atom is -0.497 e. The summed E-state index contributed by atoms with van der Waals surface area (Å²) >= 11 is 6.46. The summed E-state index contributed by atoms with van der Waals surface area (Å²) in [5.74, 6) is 1.54. The molecule has 4 aromatic rings. The van der Waals surface area contributed by atoms with E-state index in [-0.39, 0.29) is 18.6 Å². The predicted octanol–water partition coefficient (Wildman–Crippen LogP) is 6.46. The van der Waals surface area contributed by atoms with Gasteiger partial charge in [-0.1, -0.05) is 48.0 Å². The number of amides is 1. The zero-order valence-electron chi connectivity index (χ0n) is 21.5. The Labute approximate surface area is 227 Å². The van der Waals surface area contributed by atoms with Crippen molar-refractivity contribution in [1.82, 2.24) is 14.7 Å². The maximum atomic E-state index is 13.8. The normalized spacial score (nSPS) is 14.9. The van der Waals surface area contributed by atoms with Gasteiger partial charge in [0, 0.05) is 18.7 Å². The molecule has 1 aromatic heterocycles. The van der Waals surface area contributed by atoms with Crippen LogP contribution < -0.4 is 9.47 Å². The molecule has 7 nitrogen and oxygen atoms in total. The minimum absolute atomic E-state index is 0.0260. The third-order valence-corrected chi connectivity index (χ3v) is 6.89. The molecule has 38 heavy (non-hydrogen) atoms. The van der Waals surface area contributed by atoms with Gasteiger partial charge in [-0.2, -0.15) is 5.10 Å². The quantitative estimate of drug-likeness (QED) is 0.248. The fraction of sp³-hybridized carbons (Fsp3) is 0.267. The summed E-state index contributed by atoms with van der Waals surface area (Å²) in [6.07, 6.45) is 1.87. The van der Waals surface area contributed by atoms with Crippen molar-refractivity contribution in [3.8, 4) is 23.1 Å². The Morgan fingerprint density at radius 2 is 1.89 bits per heavy atom. The van der Waals surface area contributed by atoms with Crippen LogP contribution in [0.4, 0.5) is 0 Å². The summed E-state index contributed by atoms with van der Waals surface area (Å²) in [4.78, 5) is 15.7. The van der Waals surface area contributed by atoms with Crippen LogP contribution in [0.3, 0.4) is 0 Å². The summed E-state index contributed by atoms with van der Waals surface area (Å²) in [5.41, 5.74) is 2.94. The zero-order chi connectivity index (χ0) is 26.5. The van der Waals surface area contributed by atoms with Gasteiger partial charge >= 0.3 is 0 Å². The topological polar surface area (TPSA) is 65.8 Å². The maximum absolute atomic E-state index is 13.8. The first-order chi connectivity index (χ1) is 18.5. The second kappa shape index (κ2) is 11.7. The first kappa shape index (κ1) is 25.8. The Kier molecular flexibility index (Phi) is 7.96. The Hall–Kier alpha value is -3.81. The van der Waals surface area contributed by atoms with Gasteiger partial charge in [0.2, 0.25) is 5.88 Å². The van der Waals surface area contributed by atoms with Crippen LogP contribution in [0, 0.1) is 6.92 Å². The number of halogens is 1. The Bertz CT molecular complexity index is 1400. The van der Waals surface area contributed by atoms with Crippen molar-refractivity contribution in [1.29, 1.82) is 0 Å². The minimum atomic E-state index is -0.116. The van der Waals surface area contributed by atoms with Crippen molar-refractivity contribution in [2.45, 2.75) is 32.4 Å². The van der Waals surface area contributed by atoms with E-state index in [0.29, 0.717) is 41.1 Å². The highest BCUT2D eigenvalue weighted by Crippen LogP contribution is 2.35.